The molecule has 2 heterocycles. The van der Waals surface area contributed by atoms with Crippen molar-refractivity contribution in [3.63, 3.8) is 0 Å². The molecule has 5 nitrogen and oxygen atoms in total. The number of aromatic amines is 2. The largest absolute Gasteiger partial charge is 0.327 e. The zero-order chi connectivity index (χ0) is 12.5. The van der Waals surface area contributed by atoms with Crippen LogP contribution in [0.1, 0.15) is 0 Å². The van der Waals surface area contributed by atoms with Crippen molar-refractivity contribution in [3.05, 3.63) is 63.4 Å². The fraction of sp³-hybridized carbons (Fsp3) is 0. The summed E-state index contributed by atoms with van der Waals surface area (Å²) in [5.74, 6) is 0. The Hall–Kier alpha value is -2.69. The van der Waals surface area contributed by atoms with Gasteiger partial charge < -0.3 is 0 Å². The van der Waals surface area contributed by atoms with E-state index in [1.165, 1.54) is 0 Å². The number of hydrogen-bond donors (Lipinski definition) is 2. The summed E-state index contributed by atoms with van der Waals surface area (Å²) in [6.45, 7) is 0. The number of hydrogen-bond acceptors (Lipinski definition) is 3. The molecule has 0 saturated heterocycles. The van der Waals surface area contributed by atoms with Crippen LogP contribution in [0.5, 0.6) is 0 Å². The van der Waals surface area contributed by atoms with Gasteiger partial charge in [-0.25, -0.2) is 9.78 Å². The maximum atomic E-state index is 11.9. The normalized spacial score (nSPS) is 10.7. The zero-order valence-electron chi connectivity index (χ0n) is 9.31. The van der Waals surface area contributed by atoms with Gasteiger partial charge in [-0.1, -0.05) is 30.3 Å². The highest BCUT2D eigenvalue weighted by Crippen LogP contribution is 2.22. The summed E-state index contributed by atoms with van der Waals surface area (Å²) in [5.41, 5.74) is 0.969. The molecule has 0 aliphatic rings. The molecule has 88 valence electrons. The Morgan fingerprint density at radius 1 is 0.944 bits per heavy atom. The van der Waals surface area contributed by atoms with Gasteiger partial charge in [-0.2, -0.15) is 0 Å². The third-order valence-electron chi connectivity index (χ3n) is 2.72. The molecular weight excluding hydrogens is 230 g/mol. The van der Waals surface area contributed by atoms with Gasteiger partial charge in [0, 0.05) is 6.20 Å². The van der Waals surface area contributed by atoms with Crippen molar-refractivity contribution in [2.75, 3.05) is 0 Å². The predicted molar refractivity (Wildman–Crippen MR) is 68.4 cm³/mol. The summed E-state index contributed by atoms with van der Waals surface area (Å²) in [6.07, 6.45) is 1.57. The Morgan fingerprint density at radius 3 is 2.50 bits per heavy atom. The fourth-order valence-corrected chi connectivity index (χ4v) is 1.95. The first kappa shape index (κ1) is 10.5. The van der Waals surface area contributed by atoms with Crippen molar-refractivity contribution < 1.29 is 0 Å². The summed E-state index contributed by atoms with van der Waals surface area (Å²) in [4.78, 5) is 31.8. The van der Waals surface area contributed by atoms with Crippen molar-refractivity contribution in [2.24, 2.45) is 0 Å². The van der Waals surface area contributed by atoms with Crippen LogP contribution in [-0.4, -0.2) is 15.0 Å². The molecule has 2 N–H and O–H groups in total. The second-order valence-corrected chi connectivity index (χ2v) is 3.86. The number of rotatable bonds is 1. The number of nitrogens with zero attached hydrogens (tertiary/aromatic N) is 1. The minimum absolute atomic E-state index is 0.296. The van der Waals surface area contributed by atoms with E-state index < -0.39 is 11.2 Å². The van der Waals surface area contributed by atoms with Crippen LogP contribution in [0.2, 0.25) is 0 Å². The lowest BCUT2D eigenvalue weighted by Crippen LogP contribution is -2.22. The molecular formula is C13H9N3O2. The third kappa shape index (κ3) is 1.62. The standard InChI is InChI=1S/C13H9N3O2/c17-12-10-9(8-4-2-1-3-5-8)6-7-14-11(10)15-13(18)16-12/h1-7H,(H2,14,15,16,17,18). The lowest BCUT2D eigenvalue weighted by atomic mass is 10.0. The molecule has 0 fully saturated rings. The van der Waals surface area contributed by atoms with Gasteiger partial charge in [0.05, 0.1) is 5.39 Å². The van der Waals surface area contributed by atoms with Gasteiger partial charge in [0.15, 0.2) is 0 Å². The van der Waals surface area contributed by atoms with Crippen LogP contribution in [0.15, 0.2) is 52.2 Å². The van der Waals surface area contributed by atoms with Gasteiger partial charge in [-0.15, -0.1) is 0 Å². The number of pyridine rings is 1. The minimum atomic E-state index is -0.551. The minimum Gasteiger partial charge on any atom is -0.291 e. The molecule has 0 atom stereocenters. The highest BCUT2D eigenvalue weighted by atomic mass is 16.2. The summed E-state index contributed by atoms with van der Waals surface area (Å²) >= 11 is 0. The Kier molecular flexibility index (Phi) is 2.30. The number of aromatic nitrogens is 3. The molecule has 0 aliphatic carbocycles. The molecule has 0 radical (unpaired) electrons. The first-order valence-corrected chi connectivity index (χ1v) is 5.42. The quantitative estimate of drug-likeness (QED) is 0.671. The van der Waals surface area contributed by atoms with Crippen LogP contribution < -0.4 is 11.2 Å². The van der Waals surface area contributed by atoms with Crippen molar-refractivity contribution in [1.82, 2.24) is 15.0 Å². The molecule has 3 rings (SSSR count). The van der Waals surface area contributed by atoms with Gasteiger partial charge >= 0.3 is 5.69 Å². The molecule has 3 aromatic rings. The Bertz CT molecular complexity index is 819. The topological polar surface area (TPSA) is 78.6 Å². The monoisotopic (exact) mass is 239 g/mol. The van der Waals surface area contributed by atoms with Crippen LogP contribution in [-0.2, 0) is 0 Å². The molecule has 0 aliphatic heterocycles. The van der Waals surface area contributed by atoms with E-state index in [0.717, 1.165) is 11.1 Å². The van der Waals surface area contributed by atoms with Crippen LogP contribution in [0.3, 0.4) is 0 Å². The van der Waals surface area contributed by atoms with Crippen LogP contribution in [0, 0.1) is 0 Å². The van der Waals surface area contributed by atoms with Gasteiger partial charge in [-0.3, -0.25) is 14.8 Å². The molecule has 2 aromatic heterocycles. The summed E-state index contributed by atoms with van der Waals surface area (Å²) in [6, 6.07) is 11.2. The maximum Gasteiger partial charge on any atom is 0.327 e. The number of fused-ring (bicyclic) bond motifs is 1. The first-order chi connectivity index (χ1) is 8.75. The van der Waals surface area contributed by atoms with Crippen LogP contribution >= 0.6 is 0 Å². The van der Waals surface area contributed by atoms with E-state index in [2.05, 4.69) is 15.0 Å². The molecule has 1 aromatic carbocycles. The average Bonchev–Trinajstić information content (AvgIpc) is 2.38. The molecule has 0 unspecified atom stereocenters. The lowest BCUT2D eigenvalue weighted by molar-refractivity contribution is 1.06. The molecule has 0 saturated carbocycles. The van der Waals surface area contributed by atoms with Crippen molar-refractivity contribution in [2.45, 2.75) is 0 Å². The molecule has 0 spiro atoms. The van der Waals surface area contributed by atoms with Crippen LogP contribution in [0.4, 0.5) is 0 Å². The van der Waals surface area contributed by atoms with Gasteiger partial charge in [0.1, 0.15) is 5.65 Å². The molecule has 0 bridgehead atoms. The summed E-state index contributed by atoms with van der Waals surface area (Å²) in [5, 5.41) is 0.392. The van der Waals surface area contributed by atoms with Gasteiger partial charge in [0.25, 0.3) is 5.56 Å². The zero-order valence-corrected chi connectivity index (χ0v) is 9.31. The maximum absolute atomic E-state index is 11.9. The third-order valence-corrected chi connectivity index (χ3v) is 2.72. The van der Waals surface area contributed by atoms with E-state index in [0.29, 0.717) is 11.0 Å². The Labute approximate surface area is 101 Å². The van der Waals surface area contributed by atoms with E-state index in [1.54, 1.807) is 12.3 Å². The smallest absolute Gasteiger partial charge is 0.291 e. The van der Waals surface area contributed by atoms with Gasteiger partial charge in [-0.05, 0) is 17.2 Å². The van der Waals surface area contributed by atoms with E-state index >= 15 is 0 Å². The van der Waals surface area contributed by atoms with E-state index in [-0.39, 0.29) is 0 Å². The Morgan fingerprint density at radius 2 is 1.72 bits per heavy atom. The average molecular weight is 239 g/mol. The van der Waals surface area contributed by atoms with Gasteiger partial charge in [0.2, 0.25) is 0 Å². The van der Waals surface area contributed by atoms with E-state index in [1.807, 2.05) is 30.3 Å². The number of nitrogens with one attached hydrogen (secondary N) is 2. The molecule has 0 amide bonds. The predicted octanol–water partition coefficient (Wildman–Crippen LogP) is 1.28. The highest BCUT2D eigenvalue weighted by molar-refractivity contribution is 5.91. The van der Waals surface area contributed by atoms with Crippen molar-refractivity contribution >= 4 is 11.0 Å². The summed E-state index contributed by atoms with van der Waals surface area (Å²) < 4.78 is 0. The number of H-pyrrole nitrogens is 2. The fourth-order valence-electron chi connectivity index (χ4n) is 1.95. The van der Waals surface area contributed by atoms with E-state index in [9.17, 15) is 9.59 Å². The second kappa shape index (κ2) is 3.96. The highest BCUT2D eigenvalue weighted by Gasteiger charge is 2.08. The van der Waals surface area contributed by atoms with E-state index in [4.69, 9.17) is 0 Å². The molecule has 18 heavy (non-hydrogen) atoms. The SMILES string of the molecule is O=c1[nH]c(=O)c2c(-c3ccccc3)ccnc2[nH]1. The molecule has 5 heteroatoms. The first-order valence-electron chi connectivity index (χ1n) is 5.42. The van der Waals surface area contributed by atoms with Crippen LogP contribution in [0.25, 0.3) is 22.2 Å². The van der Waals surface area contributed by atoms with Crippen molar-refractivity contribution in [3.8, 4) is 11.1 Å². The number of benzene rings is 1. The second-order valence-electron chi connectivity index (χ2n) is 3.86. The summed E-state index contributed by atoms with van der Waals surface area (Å²) in [7, 11) is 0. The van der Waals surface area contributed by atoms with Crippen molar-refractivity contribution in [1.29, 1.82) is 0 Å². The Balaban J connectivity index is 2.45. The lowest BCUT2D eigenvalue weighted by Gasteiger charge is -2.04.